The lowest BCUT2D eigenvalue weighted by Gasteiger charge is -2.39. The van der Waals surface area contributed by atoms with Crippen molar-refractivity contribution in [2.45, 2.75) is 30.7 Å². The number of hydrogen-bond donors (Lipinski definition) is 3. The van der Waals surface area contributed by atoms with Gasteiger partial charge in [-0.2, -0.15) is 0 Å². The predicted molar refractivity (Wildman–Crippen MR) is 45.6 cm³/mol. The van der Waals surface area contributed by atoms with E-state index in [-0.39, 0.29) is 6.61 Å². The quantitative estimate of drug-likeness (QED) is 0.501. The average Bonchev–Trinajstić information content (AvgIpc) is 2.16. The second-order valence-corrected chi connectivity index (χ2v) is 3.20. The van der Waals surface area contributed by atoms with Gasteiger partial charge in [-0.05, 0) is 0 Å². The number of methoxy groups -OCH3 is 2. The Balaban J connectivity index is 2.66. The molecule has 1 saturated heterocycles. The van der Waals surface area contributed by atoms with Gasteiger partial charge in [0.25, 0.3) is 0 Å². The number of aliphatic hydroxyl groups is 3. The molecule has 0 amide bonds. The van der Waals surface area contributed by atoms with Gasteiger partial charge in [0.1, 0.15) is 24.4 Å². The lowest BCUT2D eigenvalue weighted by atomic mass is 9.99. The van der Waals surface area contributed by atoms with Crippen LogP contribution in [0.15, 0.2) is 0 Å². The van der Waals surface area contributed by atoms with Crippen molar-refractivity contribution in [3.8, 4) is 0 Å². The third-order valence-electron chi connectivity index (χ3n) is 2.26. The molecule has 1 heterocycles. The first-order valence-electron chi connectivity index (χ1n) is 4.33. The van der Waals surface area contributed by atoms with E-state index in [0.717, 1.165) is 0 Å². The summed E-state index contributed by atoms with van der Waals surface area (Å²) in [6.07, 6.45) is -5.22. The Bertz CT molecular complexity index is 175. The lowest BCUT2D eigenvalue weighted by Crippen LogP contribution is -2.59. The second kappa shape index (κ2) is 5.01. The molecule has 0 spiro atoms. The Morgan fingerprint density at radius 3 is 2.29 bits per heavy atom. The van der Waals surface area contributed by atoms with Crippen LogP contribution in [0.1, 0.15) is 0 Å². The van der Waals surface area contributed by atoms with Crippen LogP contribution in [-0.4, -0.2) is 66.9 Å². The molecule has 1 aliphatic heterocycles. The summed E-state index contributed by atoms with van der Waals surface area (Å²) in [5, 5.41) is 28.0. The van der Waals surface area contributed by atoms with Crippen molar-refractivity contribution in [1.82, 2.24) is 0 Å². The standard InChI is InChI=1S/C8H16O6/c1-12-3-4-7(13-2)5(9)6(10)8(11)14-4/h4-11H,3H2,1-2H3/t4-,5+,6-,7-,8+/m0/s1. The van der Waals surface area contributed by atoms with E-state index in [1.807, 2.05) is 0 Å². The molecule has 1 aliphatic rings. The van der Waals surface area contributed by atoms with E-state index in [1.54, 1.807) is 0 Å². The molecule has 0 bridgehead atoms. The van der Waals surface area contributed by atoms with E-state index >= 15 is 0 Å². The van der Waals surface area contributed by atoms with E-state index in [4.69, 9.17) is 14.2 Å². The van der Waals surface area contributed by atoms with Crippen molar-refractivity contribution in [2.75, 3.05) is 20.8 Å². The molecule has 1 fully saturated rings. The fourth-order valence-electron chi connectivity index (χ4n) is 1.51. The van der Waals surface area contributed by atoms with Crippen LogP contribution in [0.5, 0.6) is 0 Å². The van der Waals surface area contributed by atoms with Gasteiger partial charge in [0.2, 0.25) is 0 Å². The SMILES string of the molecule is COC[C@@H]1O[C@@H](O)[C@@H](O)[C@@H](O)[C@H]1OC. The van der Waals surface area contributed by atoms with Gasteiger partial charge in [0.15, 0.2) is 6.29 Å². The van der Waals surface area contributed by atoms with Crippen LogP contribution in [0.25, 0.3) is 0 Å². The molecular weight excluding hydrogens is 192 g/mol. The minimum Gasteiger partial charge on any atom is -0.387 e. The summed E-state index contributed by atoms with van der Waals surface area (Å²) in [4.78, 5) is 0. The molecule has 5 atom stereocenters. The highest BCUT2D eigenvalue weighted by molar-refractivity contribution is 4.89. The molecule has 0 unspecified atom stereocenters. The molecule has 0 aromatic heterocycles. The molecule has 0 aromatic rings. The van der Waals surface area contributed by atoms with Crippen molar-refractivity contribution < 1.29 is 29.5 Å². The fourth-order valence-corrected chi connectivity index (χ4v) is 1.51. The molecule has 84 valence electrons. The minimum atomic E-state index is -1.41. The monoisotopic (exact) mass is 208 g/mol. The van der Waals surface area contributed by atoms with Gasteiger partial charge in [0.05, 0.1) is 6.61 Å². The first-order valence-corrected chi connectivity index (χ1v) is 4.33. The zero-order chi connectivity index (χ0) is 10.7. The predicted octanol–water partition coefficient (Wildman–Crippen LogP) is -1.91. The van der Waals surface area contributed by atoms with E-state index in [2.05, 4.69) is 0 Å². The molecule has 0 aliphatic carbocycles. The first kappa shape index (κ1) is 11.8. The molecule has 6 heteroatoms. The number of ether oxygens (including phenoxy) is 3. The van der Waals surface area contributed by atoms with Gasteiger partial charge in [-0.3, -0.25) is 0 Å². The molecule has 6 nitrogen and oxygen atoms in total. The van der Waals surface area contributed by atoms with Gasteiger partial charge < -0.3 is 29.5 Å². The zero-order valence-electron chi connectivity index (χ0n) is 8.16. The lowest BCUT2D eigenvalue weighted by molar-refractivity contribution is -0.291. The third kappa shape index (κ3) is 2.22. The first-order chi connectivity index (χ1) is 6.61. The van der Waals surface area contributed by atoms with Crippen molar-refractivity contribution in [1.29, 1.82) is 0 Å². The second-order valence-electron chi connectivity index (χ2n) is 3.20. The topological polar surface area (TPSA) is 88.4 Å². The Morgan fingerprint density at radius 1 is 1.14 bits per heavy atom. The highest BCUT2D eigenvalue weighted by Crippen LogP contribution is 2.21. The van der Waals surface area contributed by atoms with Crippen molar-refractivity contribution in [3.05, 3.63) is 0 Å². The van der Waals surface area contributed by atoms with Gasteiger partial charge in [0, 0.05) is 14.2 Å². The third-order valence-corrected chi connectivity index (χ3v) is 2.26. The summed E-state index contributed by atoms with van der Waals surface area (Å²) in [5.74, 6) is 0. The molecule has 0 aromatic carbocycles. The van der Waals surface area contributed by atoms with E-state index in [0.29, 0.717) is 0 Å². The molecule has 0 saturated carbocycles. The van der Waals surface area contributed by atoms with Crippen molar-refractivity contribution in [3.63, 3.8) is 0 Å². The van der Waals surface area contributed by atoms with Gasteiger partial charge in [-0.1, -0.05) is 0 Å². The molecule has 3 N–H and O–H groups in total. The Labute approximate surface area is 82.0 Å². The summed E-state index contributed by atoms with van der Waals surface area (Å²) in [6.45, 7) is 0.180. The van der Waals surface area contributed by atoms with Gasteiger partial charge in [-0.25, -0.2) is 0 Å². The summed E-state index contributed by atoms with van der Waals surface area (Å²) >= 11 is 0. The molecule has 14 heavy (non-hydrogen) atoms. The Hall–Kier alpha value is -0.240. The summed E-state index contributed by atoms with van der Waals surface area (Å²) < 4.78 is 14.8. The van der Waals surface area contributed by atoms with Crippen LogP contribution in [0.3, 0.4) is 0 Å². The summed E-state index contributed by atoms with van der Waals surface area (Å²) in [7, 11) is 2.87. The van der Waals surface area contributed by atoms with Gasteiger partial charge in [-0.15, -0.1) is 0 Å². The number of hydrogen-bond acceptors (Lipinski definition) is 6. The Kier molecular flexibility index (Phi) is 4.24. The fraction of sp³-hybridized carbons (Fsp3) is 1.00. The van der Waals surface area contributed by atoms with Crippen LogP contribution < -0.4 is 0 Å². The zero-order valence-corrected chi connectivity index (χ0v) is 8.16. The highest BCUT2D eigenvalue weighted by atomic mass is 16.7. The highest BCUT2D eigenvalue weighted by Gasteiger charge is 2.43. The van der Waals surface area contributed by atoms with Crippen LogP contribution in [0, 0.1) is 0 Å². The molecular formula is C8H16O6. The van der Waals surface area contributed by atoms with Crippen LogP contribution in [0.4, 0.5) is 0 Å². The van der Waals surface area contributed by atoms with Crippen LogP contribution in [0.2, 0.25) is 0 Å². The van der Waals surface area contributed by atoms with E-state index in [1.165, 1.54) is 14.2 Å². The maximum atomic E-state index is 9.53. The average molecular weight is 208 g/mol. The summed E-state index contributed by atoms with van der Waals surface area (Å²) in [5.41, 5.74) is 0. The smallest absolute Gasteiger partial charge is 0.184 e. The van der Waals surface area contributed by atoms with E-state index in [9.17, 15) is 15.3 Å². The minimum absolute atomic E-state index is 0.180. The van der Waals surface area contributed by atoms with Gasteiger partial charge >= 0.3 is 0 Å². The van der Waals surface area contributed by atoms with Crippen LogP contribution >= 0.6 is 0 Å². The summed E-state index contributed by atoms with van der Waals surface area (Å²) in [6, 6.07) is 0. The van der Waals surface area contributed by atoms with Crippen molar-refractivity contribution >= 4 is 0 Å². The molecule has 1 rings (SSSR count). The largest absolute Gasteiger partial charge is 0.387 e. The molecule has 0 radical (unpaired) electrons. The Morgan fingerprint density at radius 2 is 1.79 bits per heavy atom. The maximum absolute atomic E-state index is 9.53. The number of rotatable bonds is 3. The van der Waals surface area contributed by atoms with Crippen LogP contribution in [-0.2, 0) is 14.2 Å². The maximum Gasteiger partial charge on any atom is 0.184 e. The number of aliphatic hydroxyl groups excluding tert-OH is 3. The normalized spacial score (nSPS) is 43.9. The van der Waals surface area contributed by atoms with Crippen molar-refractivity contribution in [2.24, 2.45) is 0 Å². The van der Waals surface area contributed by atoms with E-state index < -0.39 is 30.7 Å².